The predicted molar refractivity (Wildman–Crippen MR) is 76.5 cm³/mol. The number of hydrogen-bond donors (Lipinski definition) is 0. The molecule has 1 aliphatic heterocycles. The second-order valence-electron chi connectivity index (χ2n) is 5.16. The molecule has 0 spiro atoms. The van der Waals surface area contributed by atoms with E-state index in [1.807, 2.05) is 31.2 Å². The van der Waals surface area contributed by atoms with E-state index in [2.05, 4.69) is 0 Å². The van der Waals surface area contributed by atoms with Crippen LogP contribution in [-0.2, 0) is 14.6 Å². The Labute approximate surface area is 119 Å². The van der Waals surface area contributed by atoms with Crippen molar-refractivity contribution in [2.45, 2.75) is 19.4 Å². The third-order valence-corrected chi connectivity index (χ3v) is 5.28. The molecular formula is C14H19NO4S. The molecule has 1 aromatic rings. The molecule has 1 atom stereocenters. The van der Waals surface area contributed by atoms with Gasteiger partial charge in [0.15, 0.2) is 16.4 Å². The Morgan fingerprint density at radius 2 is 2.00 bits per heavy atom. The van der Waals surface area contributed by atoms with Crippen molar-refractivity contribution < 1.29 is 17.9 Å². The van der Waals surface area contributed by atoms with Gasteiger partial charge in [0.25, 0.3) is 5.91 Å². The molecule has 0 aliphatic carbocycles. The number of carbonyl (C=O) groups is 1. The number of benzene rings is 1. The molecular weight excluding hydrogens is 278 g/mol. The van der Waals surface area contributed by atoms with Gasteiger partial charge >= 0.3 is 0 Å². The fourth-order valence-corrected chi connectivity index (χ4v) is 3.94. The number of ether oxygens (including phenoxy) is 1. The van der Waals surface area contributed by atoms with Crippen molar-refractivity contribution in [2.75, 3.05) is 25.2 Å². The molecule has 1 heterocycles. The lowest BCUT2D eigenvalue weighted by Crippen LogP contribution is -2.40. The van der Waals surface area contributed by atoms with Crippen molar-refractivity contribution in [3.63, 3.8) is 0 Å². The van der Waals surface area contributed by atoms with E-state index in [0.29, 0.717) is 12.2 Å². The first-order chi connectivity index (χ1) is 9.37. The van der Waals surface area contributed by atoms with Gasteiger partial charge in [0.2, 0.25) is 0 Å². The number of hydrogen-bond acceptors (Lipinski definition) is 4. The minimum atomic E-state index is -2.98. The van der Waals surface area contributed by atoms with Gasteiger partial charge < -0.3 is 9.64 Å². The van der Waals surface area contributed by atoms with Crippen LogP contribution in [0.15, 0.2) is 24.3 Å². The van der Waals surface area contributed by atoms with Gasteiger partial charge in [-0.25, -0.2) is 8.42 Å². The number of nitrogens with zero attached hydrogens (tertiary/aromatic N) is 1. The summed E-state index contributed by atoms with van der Waals surface area (Å²) < 4.78 is 28.2. The van der Waals surface area contributed by atoms with E-state index in [9.17, 15) is 13.2 Å². The van der Waals surface area contributed by atoms with Gasteiger partial charge in [-0.2, -0.15) is 0 Å². The number of aryl methyl sites for hydroxylation is 1. The molecule has 1 fully saturated rings. The summed E-state index contributed by atoms with van der Waals surface area (Å²) in [7, 11) is -1.35. The molecule has 1 amide bonds. The van der Waals surface area contributed by atoms with Crippen LogP contribution in [0.2, 0.25) is 0 Å². The molecule has 0 aromatic heterocycles. The molecule has 0 N–H and O–H groups in total. The number of rotatable bonds is 4. The number of amides is 1. The van der Waals surface area contributed by atoms with Gasteiger partial charge in [0, 0.05) is 13.1 Å². The highest BCUT2D eigenvalue weighted by molar-refractivity contribution is 7.91. The van der Waals surface area contributed by atoms with E-state index in [4.69, 9.17) is 4.74 Å². The normalized spacial score (nSPS) is 20.6. The standard InChI is InChI=1S/C14H19NO4S/c1-11-3-5-13(6-4-11)19-9-14(16)15(2)12-7-8-20(17,18)10-12/h3-6,12H,7-10H2,1-2H3. The second kappa shape index (κ2) is 5.83. The van der Waals surface area contributed by atoms with Crippen LogP contribution in [0.25, 0.3) is 0 Å². The SMILES string of the molecule is Cc1ccc(OCC(=O)N(C)C2CCS(=O)(=O)C2)cc1. The van der Waals surface area contributed by atoms with Crippen LogP contribution >= 0.6 is 0 Å². The van der Waals surface area contributed by atoms with E-state index in [1.54, 1.807) is 7.05 Å². The average Bonchev–Trinajstić information content (AvgIpc) is 2.77. The van der Waals surface area contributed by atoms with Crippen molar-refractivity contribution in [3.05, 3.63) is 29.8 Å². The fraction of sp³-hybridized carbons (Fsp3) is 0.500. The monoisotopic (exact) mass is 297 g/mol. The van der Waals surface area contributed by atoms with E-state index < -0.39 is 9.84 Å². The summed E-state index contributed by atoms with van der Waals surface area (Å²) in [6.45, 7) is 1.90. The number of sulfone groups is 1. The second-order valence-corrected chi connectivity index (χ2v) is 7.39. The highest BCUT2D eigenvalue weighted by Crippen LogP contribution is 2.17. The van der Waals surface area contributed by atoms with Crippen LogP contribution in [-0.4, -0.2) is 50.4 Å². The first kappa shape index (κ1) is 14.8. The van der Waals surface area contributed by atoms with E-state index in [1.165, 1.54) is 4.90 Å². The fourth-order valence-electron chi connectivity index (χ4n) is 2.17. The minimum Gasteiger partial charge on any atom is -0.484 e. The van der Waals surface area contributed by atoms with Crippen molar-refractivity contribution in [2.24, 2.45) is 0 Å². The first-order valence-corrected chi connectivity index (χ1v) is 8.35. The first-order valence-electron chi connectivity index (χ1n) is 6.53. The van der Waals surface area contributed by atoms with Gasteiger partial charge in [-0.05, 0) is 25.5 Å². The van der Waals surface area contributed by atoms with Gasteiger partial charge in [-0.15, -0.1) is 0 Å². The summed E-state index contributed by atoms with van der Waals surface area (Å²) in [6.07, 6.45) is 0.509. The van der Waals surface area contributed by atoms with Gasteiger partial charge in [-0.3, -0.25) is 4.79 Å². The van der Waals surface area contributed by atoms with E-state index in [0.717, 1.165) is 5.56 Å². The smallest absolute Gasteiger partial charge is 0.260 e. The highest BCUT2D eigenvalue weighted by atomic mass is 32.2. The maximum Gasteiger partial charge on any atom is 0.260 e. The maximum absolute atomic E-state index is 12.0. The Hall–Kier alpha value is -1.56. The van der Waals surface area contributed by atoms with Crippen LogP contribution in [0.5, 0.6) is 5.75 Å². The molecule has 0 saturated carbocycles. The Morgan fingerprint density at radius 3 is 2.55 bits per heavy atom. The molecule has 2 rings (SSSR count). The largest absolute Gasteiger partial charge is 0.484 e. The van der Waals surface area contributed by atoms with E-state index in [-0.39, 0.29) is 30.1 Å². The lowest BCUT2D eigenvalue weighted by molar-refractivity contribution is -0.133. The quantitative estimate of drug-likeness (QED) is 0.832. The zero-order valence-electron chi connectivity index (χ0n) is 11.7. The summed E-state index contributed by atoms with van der Waals surface area (Å²) in [5.41, 5.74) is 1.12. The molecule has 1 aromatic carbocycles. The van der Waals surface area contributed by atoms with Crippen LogP contribution in [0.4, 0.5) is 0 Å². The van der Waals surface area contributed by atoms with Crippen LogP contribution in [0, 0.1) is 6.92 Å². The third kappa shape index (κ3) is 3.72. The van der Waals surface area contributed by atoms with E-state index >= 15 is 0 Å². The Balaban J connectivity index is 1.87. The van der Waals surface area contributed by atoms with Crippen LogP contribution < -0.4 is 4.74 Å². The molecule has 5 nitrogen and oxygen atoms in total. The number of carbonyl (C=O) groups excluding carboxylic acids is 1. The molecule has 1 saturated heterocycles. The van der Waals surface area contributed by atoms with Gasteiger partial charge in [0.05, 0.1) is 11.5 Å². The predicted octanol–water partition coefficient (Wildman–Crippen LogP) is 1.02. The summed E-state index contributed by atoms with van der Waals surface area (Å²) in [5.74, 6) is 0.650. The van der Waals surface area contributed by atoms with Crippen molar-refractivity contribution in [1.82, 2.24) is 4.90 Å². The lowest BCUT2D eigenvalue weighted by atomic mass is 10.2. The maximum atomic E-state index is 12.0. The molecule has 0 radical (unpaired) electrons. The molecule has 20 heavy (non-hydrogen) atoms. The molecule has 6 heteroatoms. The molecule has 110 valence electrons. The van der Waals surface area contributed by atoms with Crippen molar-refractivity contribution in [3.8, 4) is 5.75 Å². The third-order valence-electron chi connectivity index (χ3n) is 3.53. The van der Waals surface area contributed by atoms with Gasteiger partial charge in [-0.1, -0.05) is 17.7 Å². The topological polar surface area (TPSA) is 63.7 Å². The summed E-state index contributed by atoms with van der Waals surface area (Å²) in [6, 6.07) is 7.21. The average molecular weight is 297 g/mol. The summed E-state index contributed by atoms with van der Waals surface area (Å²) in [4.78, 5) is 13.5. The minimum absolute atomic E-state index is 0.0553. The summed E-state index contributed by atoms with van der Waals surface area (Å²) in [5, 5.41) is 0. The van der Waals surface area contributed by atoms with Crippen molar-refractivity contribution in [1.29, 1.82) is 0 Å². The molecule has 1 aliphatic rings. The summed E-state index contributed by atoms with van der Waals surface area (Å²) >= 11 is 0. The zero-order chi connectivity index (χ0) is 14.8. The number of likely N-dealkylation sites (N-methyl/N-ethyl adjacent to an activating group) is 1. The highest BCUT2D eigenvalue weighted by Gasteiger charge is 2.32. The Kier molecular flexibility index (Phi) is 4.32. The molecule has 0 bridgehead atoms. The Morgan fingerprint density at radius 1 is 1.35 bits per heavy atom. The molecule has 1 unspecified atom stereocenters. The Bertz CT molecular complexity index is 580. The van der Waals surface area contributed by atoms with Crippen LogP contribution in [0.1, 0.15) is 12.0 Å². The van der Waals surface area contributed by atoms with Crippen molar-refractivity contribution >= 4 is 15.7 Å². The lowest BCUT2D eigenvalue weighted by Gasteiger charge is -2.23. The van der Waals surface area contributed by atoms with Gasteiger partial charge in [0.1, 0.15) is 5.75 Å². The zero-order valence-corrected chi connectivity index (χ0v) is 12.5. The van der Waals surface area contributed by atoms with Crippen LogP contribution in [0.3, 0.4) is 0 Å².